The van der Waals surface area contributed by atoms with E-state index < -0.39 is 11.6 Å². The van der Waals surface area contributed by atoms with Crippen LogP contribution in [0.25, 0.3) is 0 Å². The second-order valence-corrected chi connectivity index (χ2v) is 9.44. The van der Waals surface area contributed by atoms with Gasteiger partial charge in [0.05, 0.1) is 24.3 Å². The van der Waals surface area contributed by atoms with Crippen LogP contribution in [0.4, 0.5) is 4.79 Å². The minimum Gasteiger partial charge on any atom is -0.493 e. The van der Waals surface area contributed by atoms with Gasteiger partial charge in [-0.25, -0.2) is 9.59 Å². The molecule has 30 heavy (non-hydrogen) atoms. The average molecular weight is 440 g/mol. The number of amides is 1. The molecule has 0 aliphatic carbocycles. The molecule has 0 radical (unpaired) electrons. The van der Waals surface area contributed by atoms with Crippen molar-refractivity contribution in [1.82, 2.24) is 4.90 Å². The van der Waals surface area contributed by atoms with Crippen LogP contribution in [-0.4, -0.2) is 49.4 Å². The van der Waals surface area contributed by atoms with E-state index in [-0.39, 0.29) is 6.09 Å². The zero-order valence-corrected chi connectivity index (χ0v) is 19.5. The third-order valence-corrected chi connectivity index (χ3v) is 5.53. The van der Waals surface area contributed by atoms with Crippen LogP contribution in [0, 0.1) is 11.8 Å². The van der Waals surface area contributed by atoms with E-state index >= 15 is 0 Å². The average Bonchev–Trinajstić information content (AvgIpc) is 2.69. The molecule has 1 aliphatic heterocycles. The van der Waals surface area contributed by atoms with E-state index in [9.17, 15) is 9.59 Å². The summed E-state index contributed by atoms with van der Waals surface area (Å²) in [4.78, 5) is 25.6. The molecule has 7 heteroatoms. The van der Waals surface area contributed by atoms with E-state index in [0.29, 0.717) is 34.8 Å². The number of piperidine rings is 1. The molecule has 1 aromatic carbocycles. The summed E-state index contributed by atoms with van der Waals surface area (Å²) in [6.07, 6.45) is 3.99. The molecule has 0 unspecified atom stereocenters. The van der Waals surface area contributed by atoms with Crippen LogP contribution >= 0.6 is 11.6 Å². The Hall–Kier alpha value is -1.95. The van der Waals surface area contributed by atoms with Crippen molar-refractivity contribution in [3.05, 3.63) is 28.8 Å². The number of benzene rings is 1. The van der Waals surface area contributed by atoms with Gasteiger partial charge in [-0.15, -0.1) is 0 Å². The van der Waals surface area contributed by atoms with Crippen LogP contribution in [0.2, 0.25) is 5.02 Å². The van der Waals surface area contributed by atoms with Crippen molar-refractivity contribution in [2.75, 3.05) is 26.8 Å². The lowest BCUT2D eigenvalue weighted by molar-refractivity contribution is 0.0178. The van der Waals surface area contributed by atoms with Crippen molar-refractivity contribution < 1.29 is 23.8 Å². The normalized spacial score (nSPS) is 16.1. The summed E-state index contributed by atoms with van der Waals surface area (Å²) in [6, 6.07) is 5.00. The van der Waals surface area contributed by atoms with Gasteiger partial charge in [-0.3, -0.25) is 0 Å². The maximum atomic E-state index is 12.2. The predicted molar refractivity (Wildman–Crippen MR) is 117 cm³/mol. The molecule has 1 aromatic rings. The molecule has 0 saturated carbocycles. The van der Waals surface area contributed by atoms with Crippen LogP contribution in [0.5, 0.6) is 5.75 Å². The fraction of sp³-hybridized carbons (Fsp3) is 0.652. The third-order valence-electron chi connectivity index (χ3n) is 5.21. The Morgan fingerprint density at radius 2 is 1.90 bits per heavy atom. The minimum atomic E-state index is -0.461. The first kappa shape index (κ1) is 24.3. The second-order valence-electron chi connectivity index (χ2n) is 9.04. The van der Waals surface area contributed by atoms with E-state index in [1.165, 1.54) is 7.11 Å². The summed E-state index contributed by atoms with van der Waals surface area (Å²) in [6.45, 7) is 9.95. The molecule has 168 valence electrons. The Morgan fingerprint density at radius 3 is 2.47 bits per heavy atom. The van der Waals surface area contributed by atoms with Gasteiger partial charge in [0.2, 0.25) is 0 Å². The number of halogens is 1. The molecule has 1 aliphatic rings. The number of ether oxygens (including phenoxy) is 3. The molecular formula is C23H34ClNO5. The zero-order valence-electron chi connectivity index (χ0n) is 18.7. The number of rotatable bonds is 7. The Kier molecular flexibility index (Phi) is 8.83. The van der Waals surface area contributed by atoms with Crippen molar-refractivity contribution in [2.45, 2.75) is 59.0 Å². The topological polar surface area (TPSA) is 65.1 Å². The highest BCUT2D eigenvalue weighted by atomic mass is 35.5. The quantitative estimate of drug-likeness (QED) is 0.519. The number of likely N-dealkylation sites (tertiary alicyclic amines) is 1. The number of hydrogen-bond acceptors (Lipinski definition) is 5. The highest BCUT2D eigenvalue weighted by Gasteiger charge is 2.27. The first-order chi connectivity index (χ1) is 14.1. The lowest BCUT2D eigenvalue weighted by atomic mass is 9.89. The van der Waals surface area contributed by atoms with Gasteiger partial charge in [-0.05, 0) is 76.5 Å². The first-order valence-corrected chi connectivity index (χ1v) is 11.0. The highest BCUT2D eigenvalue weighted by Crippen LogP contribution is 2.27. The molecule has 1 saturated heterocycles. The summed E-state index contributed by atoms with van der Waals surface area (Å²) >= 11 is 6.13. The van der Waals surface area contributed by atoms with Gasteiger partial charge in [-0.1, -0.05) is 18.5 Å². The smallest absolute Gasteiger partial charge is 0.410 e. The maximum Gasteiger partial charge on any atom is 0.410 e. The lowest BCUT2D eigenvalue weighted by Gasteiger charge is -2.33. The molecule has 6 nitrogen and oxygen atoms in total. The summed E-state index contributed by atoms with van der Waals surface area (Å²) in [5.74, 6) is 1.20. The molecule has 0 bridgehead atoms. The predicted octanol–water partition coefficient (Wildman–Crippen LogP) is 5.57. The van der Waals surface area contributed by atoms with Gasteiger partial charge < -0.3 is 19.1 Å². The molecule has 1 atom stereocenters. The molecule has 1 fully saturated rings. The lowest BCUT2D eigenvalue weighted by Crippen LogP contribution is -2.41. The van der Waals surface area contributed by atoms with Crippen molar-refractivity contribution in [3.63, 3.8) is 0 Å². The molecular weight excluding hydrogens is 406 g/mol. The second kappa shape index (κ2) is 10.9. The first-order valence-electron chi connectivity index (χ1n) is 10.6. The number of methoxy groups -OCH3 is 1. The minimum absolute atomic E-state index is 0.209. The largest absolute Gasteiger partial charge is 0.493 e. The van der Waals surface area contributed by atoms with Crippen LogP contribution < -0.4 is 4.74 Å². The molecule has 0 aromatic heterocycles. The number of nitrogens with zero attached hydrogens (tertiary/aromatic N) is 1. The van der Waals surface area contributed by atoms with Gasteiger partial charge in [0.15, 0.2) is 0 Å². The SMILES string of the molecule is COC(=O)c1ccc(OC[C@H](C)CCC2CCN(C(=O)OC(C)(C)C)CC2)cc1Cl. The summed E-state index contributed by atoms with van der Waals surface area (Å²) in [7, 11) is 1.33. The number of carbonyl (C=O) groups excluding carboxylic acids is 2. The fourth-order valence-electron chi connectivity index (χ4n) is 3.43. The summed E-state index contributed by atoms with van der Waals surface area (Å²) in [5.41, 5.74) is -0.120. The van der Waals surface area contributed by atoms with Gasteiger partial charge in [0.1, 0.15) is 11.4 Å². The molecule has 1 amide bonds. The Balaban J connectivity index is 1.69. The van der Waals surface area contributed by atoms with Crippen LogP contribution in [-0.2, 0) is 9.47 Å². The standard InChI is InChI=1S/C23H34ClNO5/c1-16(15-29-18-8-9-19(20(24)14-18)21(26)28-5)6-7-17-10-12-25(13-11-17)22(27)30-23(2,3)4/h8-9,14,16-17H,6-7,10-13,15H2,1-5H3/t16-/m1/s1. The number of hydrogen-bond donors (Lipinski definition) is 0. The Bertz CT molecular complexity index is 723. The van der Waals surface area contributed by atoms with E-state index in [4.69, 9.17) is 25.8 Å². The van der Waals surface area contributed by atoms with E-state index in [1.807, 2.05) is 25.7 Å². The Morgan fingerprint density at radius 1 is 1.23 bits per heavy atom. The van der Waals surface area contributed by atoms with Crippen molar-refractivity contribution >= 4 is 23.7 Å². The summed E-state index contributed by atoms with van der Waals surface area (Å²) in [5, 5.41) is 0.323. The highest BCUT2D eigenvalue weighted by molar-refractivity contribution is 6.33. The monoisotopic (exact) mass is 439 g/mol. The molecule has 0 N–H and O–H groups in total. The summed E-state index contributed by atoms with van der Waals surface area (Å²) < 4.78 is 16.0. The van der Waals surface area contributed by atoms with Gasteiger partial charge in [-0.2, -0.15) is 0 Å². The van der Waals surface area contributed by atoms with Crippen molar-refractivity contribution in [2.24, 2.45) is 11.8 Å². The zero-order chi connectivity index (χ0) is 22.3. The van der Waals surface area contributed by atoms with Crippen LogP contribution in [0.3, 0.4) is 0 Å². The fourth-order valence-corrected chi connectivity index (χ4v) is 3.68. The van der Waals surface area contributed by atoms with Gasteiger partial charge in [0, 0.05) is 13.1 Å². The van der Waals surface area contributed by atoms with Crippen LogP contribution in [0.15, 0.2) is 18.2 Å². The van der Waals surface area contributed by atoms with Crippen molar-refractivity contribution in [3.8, 4) is 5.75 Å². The van der Waals surface area contributed by atoms with E-state index in [0.717, 1.165) is 38.8 Å². The van der Waals surface area contributed by atoms with Gasteiger partial charge >= 0.3 is 12.1 Å². The number of carbonyl (C=O) groups is 2. The van der Waals surface area contributed by atoms with Crippen molar-refractivity contribution in [1.29, 1.82) is 0 Å². The third kappa shape index (κ3) is 7.71. The van der Waals surface area contributed by atoms with Gasteiger partial charge in [0.25, 0.3) is 0 Å². The maximum absolute atomic E-state index is 12.2. The molecule has 2 rings (SSSR count). The number of esters is 1. The van der Waals surface area contributed by atoms with E-state index in [1.54, 1.807) is 18.2 Å². The van der Waals surface area contributed by atoms with Crippen LogP contribution in [0.1, 0.15) is 63.7 Å². The Labute approximate surface area is 184 Å². The van der Waals surface area contributed by atoms with E-state index in [2.05, 4.69) is 6.92 Å². The molecule has 0 spiro atoms. The molecule has 1 heterocycles.